The van der Waals surface area contributed by atoms with E-state index in [9.17, 15) is 9.18 Å². The van der Waals surface area contributed by atoms with E-state index >= 15 is 0 Å². The van der Waals surface area contributed by atoms with Gasteiger partial charge in [-0.15, -0.1) is 0 Å². The van der Waals surface area contributed by atoms with Gasteiger partial charge in [-0.3, -0.25) is 9.78 Å². The molecule has 0 aliphatic carbocycles. The lowest BCUT2D eigenvalue weighted by atomic mass is 9.88. The Balaban J connectivity index is 1.70. The smallest absolute Gasteiger partial charge is 0.255 e. The molecule has 0 saturated heterocycles. The molecule has 178 valence electrons. The van der Waals surface area contributed by atoms with Crippen molar-refractivity contribution in [2.75, 3.05) is 25.6 Å². The Bertz CT molecular complexity index is 1210. The number of aromatic nitrogens is 2. The Morgan fingerprint density at radius 1 is 1.24 bits per heavy atom. The lowest BCUT2D eigenvalue weighted by Crippen LogP contribution is -2.35. The monoisotopic (exact) mass is 464 g/mol. The molecule has 2 aliphatic rings. The van der Waals surface area contributed by atoms with E-state index in [-0.39, 0.29) is 17.6 Å². The minimum atomic E-state index is -0.482. The number of carbonyl (C=O) groups is 1. The molecule has 5 rings (SSSR count). The van der Waals surface area contributed by atoms with Crippen molar-refractivity contribution in [3.63, 3.8) is 0 Å². The molecule has 7 nitrogen and oxygen atoms in total. The summed E-state index contributed by atoms with van der Waals surface area (Å²) in [5, 5.41) is 6.36. The van der Waals surface area contributed by atoms with Crippen LogP contribution in [0.1, 0.15) is 54.6 Å². The average Bonchev–Trinajstić information content (AvgIpc) is 3.21. The van der Waals surface area contributed by atoms with Gasteiger partial charge in [0, 0.05) is 29.9 Å². The maximum Gasteiger partial charge on any atom is 0.255 e. The number of amides is 1. The van der Waals surface area contributed by atoms with Crippen LogP contribution in [0.25, 0.3) is 11.3 Å². The molecule has 0 saturated carbocycles. The van der Waals surface area contributed by atoms with E-state index in [0.717, 1.165) is 36.9 Å². The lowest BCUT2D eigenvalue weighted by Gasteiger charge is -2.25. The predicted molar refractivity (Wildman–Crippen MR) is 128 cm³/mol. The molecule has 3 aromatic rings. The SMILES string of the molecule is COc1c(F)cccc1Nc1c2[nH]c3c1C(=O)NCC3CCC(C)CCCOc1cnccc1-2. The number of carbonyl (C=O) groups excluding carboxylic acids is 1. The summed E-state index contributed by atoms with van der Waals surface area (Å²) in [6.07, 6.45) is 7.46. The van der Waals surface area contributed by atoms with Gasteiger partial charge in [0.15, 0.2) is 11.6 Å². The zero-order valence-electron chi connectivity index (χ0n) is 19.4. The van der Waals surface area contributed by atoms with Gasteiger partial charge >= 0.3 is 0 Å². The maximum absolute atomic E-state index is 14.4. The third-order valence-corrected chi connectivity index (χ3v) is 6.76. The number of benzene rings is 1. The highest BCUT2D eigenvalue weighted by Gasteiger charge is 2.34. The number of anilines is 2. The van der Waals surface area contributed by atoms with Crippen molar-refractivity contribution in [3.8, 4) is 22.8 Å². The van der Waals surface area contributed by atoms with Gasteiger partial charge in [-0.2, -0.15) is 0 Å². The topological polar surface area (TPSA) is 88.3 Å². The molecule has 0 spiro atoms. The van der Waals surface area contributed by atoms with Gasteiger partial charge in [-0.25, -0.2) is 4.39 Å². The fourth-order valence-corrected chi connectivity index (χ4v) is 4.94. The van der Waals surface area contributed by atoms with Gasteiger partial charge in [0.2, 0.25) is 0 Å². The number of hydrogen-bond acceptors (Lipinski definition) is 5. The molecule has 2 atom stereocenters. The second kappa shape index (κ2) is 9.37. The van der Waals surface area contributed by atoms with Crippen LogP contribution in [0.3, 0.4) is 0 Å². The molecule has 2 aliphatic heterocycles. The van der Waals surface area contributed by atoms with E-state index in [1.165, 1.54) is 13.2 Å². The maximum atomic E-state index is 14.4. The highest BCUT2D eigenvalue weighted by Crippen LogP contribution is 2.44. The van der Waals surface area contributed by atoms with Crippen LogP contribution in [-0.2, 0) is 0 Å². The summed E-state index contributed by atoms with van der Waals surface area (Å²) < 4.78 is 25.9. The summed E-state index contributed by atoms with van der Waals surface area (Å²) >= 11 is 0. The van der Waals surface area contributed by atoms with Crippen molar-refractivity contribution in [3.05, 3.63) is 53.7 Å². The highest BCUT2D eigenvalue weighted by molar-refractivity contribution is 6.07. The number of nitrogens with one attached hydrogen (secondary N) is 3. The van der Waals surface area contributed by atoms with Crippen LogP contribution in [0.5, 0.6) is 11.5 Å². The van der Waals surface area contributed by atoms with Crippen LogP contribution in [-0.4, -0.2) is 36.1 Å². The van der Waals surface area contributed by atoms with Crippen LogP contribution in [0.15, 0.2) is 36.7 Å². The van der Waals surface area contributed by atoms with Crippen molar-refractivity contribution in [2.45, 2.75) is 38.5 Å². The van der Waals surface area contributed by atoms with E-state index in [0.29, 0.717) is 47.5 Å². The van der Waals surface area contributed by atoms with Crippen LogP contribution < -0.4 is 20.1 Å². The fraction of sp³-hybridized carbons (Fsp3) is 0.385. The number of pyridine rings is 1. The molecule has 0 fully saturated rings. The molecule has 1 amide bonds. The molecule has 3 N–H and O–H groups in total. The Kier molecular flexibility index (Phi) is 6.13. The second-order valence-corrected chi connectivity index (χ2v) is 9.06. The molecule has 34 heavy (non-hydrogen) atoms. The largest absolute Gasteiger partial charge is 0.492 e. The Hall–Kier alpha value is -3.55. The minimum Gasteiger partial charge on any atom is -0.492 e. The number of para-hydroxylation sites is 1. The minimum absolute atomic E-state index is 0.0885. The average molecular weight is 465 g/mol. The van der Waals surface area contributed by atoms with E-state index in [1.807, 2.05) is 6.07 Å². The zero-order valence-corrected chi connectivity index (χ0v) is 19.4. The molecule has 2 unspecified atom stereocenters. The molecule has 1 aromatic carbocycles. The first-order valence-electron chi connectivity index (χ1n) is 11.8. The van der Waals surface area contributed by atoms with E-state index < -0.39 is 5.82 Å². The summed E-state index contributed by atoms with van der Waals surface area (Å²) in [6.45, 7) is 3.44. The molecule has 0 radical (unpaired) electrons. The number of fused-ring (bicyclic) bond motifs is 3. The van der Waals surface area contributed by atoms with Crippen molar-refractivity contribution in [1.82, 2.24) is 15.3 Å². The Labute approximate surface area is 198 Å². The van der Waals surface area contributed by atoms with Crippen LogP contribution >= 0.6 is 0 Å². The molecule has 4 heterocycles. The van der Waals surface area contributed by atoms with Crippen LogP contribution in [0.2, 0.25) is 0 Å². The molecular formula is C26H29FN4O3. The first kappa shape index (κ1) is 22.3. The number of ether oxygens (including phenoxy) is 2. The third kappa shape index (κ3) is 4.08. The number of H-pyrrole nitrogens is 1. The summed E-state index contributed by atoms with van der Waals surface area (Å²) in [5.41, 5.74) is 3.95. The predicted octanol–water partition coefficient (Wildman–Crippen LogP) is 5.38. The van der Waals surface area contributed by atoms with Gasteiger partial charge in [0.05, 0.1) is 42.5 Å². The van der Waals surface area contributed by atoms with E-state index in [1.54, 1.807) is 24.5 Å². The first-order valence-corrected chi connectivity index (χ1v) is 11.8. The fourth-order valence-electron chi connectivity index (χ4n) is 4.94. The van der Waals surface area contributed by atoms with Gasteiger partial charge < -0.3 is 25.1 Å². The number of nitrogens with zero attached hydrogens (tertiary/aromatic N) is 1. The number of hydrogen-bond donors (Lipinski definition) is 3. The third-order valence-electron chi connectivity index (χ3n) is 6.76. The highest BCUT2D eigenvalue weighted by atomic mass is 19.1. The van der Waals surface area contributed by atoms with Crippen LogP contribution in [0, 0.1) is 11.7 Å². The standard InChI is InChI=1S/C26H29FN4O3/c1-15-5-4-12-34-20-14-28-11-10-17(20)23-24(30-19-7-3-6-18(27)25(19)33-2)21-22(31-23)16(9-8-15)13-29-26(21)32/h3,6-7,10-11,14-16,30-31H,4-5,8-9,12-13H2,1-2H3,(H,29,32). The van der Waals surface area contributed by atoms with Crippen molar-refractivity contribution < 1.29 is 18.7 Å². The van der Waals surface area contributed by atoms with Gasteiger partial charge in [0.25, 0.3) is 5.91 Å². The zero-order chi connectivity index (χ0) is 23.7. The summed E-state index contributed by atoms with van der Waals surface area (Å²) in [6, 6.07) is 6.55. The molecule has 8 heteroatoms. The van der Waals surface area contributed by atoms with Gasteiger partial charge in [0.1, 0.15) is 5.75 Å². The van der Waals surface area contributed by atoms with Crippen LogP contribution in [0.4, 0.5) is 15.8 Å². The van der Waals surface area contributed by atoms with Gasteiger partial charge in [-0.05, 0) is 43.4 Å². The first-order chi connectivity index (χ1) is 16.6. The Morgan fingerprint density at radius 3 is 2.97 bits per heavy atom. The normalized spacial score (nSPS) is 20.0. The summed E-state index contributed by atoms with van der Waals surface area (Å²) in [7, 11) is 1.42. The van der Waals surface area contributed by atoms with Gasteiger partial charge in [-0.1, -0.05) is 19.4 Å². The second-order valence-electron chi connectivity index (χ2n) is 9.06. The van der Waals surface area contributed by atoms with Crippen molar-refractivity contribution in [1.29, 1.82) is 0 Å². The summed E-state index contributed by atoms with van der Waals surface area (Å²) in [5.74, 6) is 0.797. The molecule has 2 bridgehead atoms. The number of halogens is 1. The molecule has 2 aromatic heterocycles. The van der Waals surface area contributed by atoms with E-state index in [2.05, 4.69) is 27.5 Å². The quantitative estimate of drug-likeness (QED) is 0.484. The van der Waals surface area contributed by atoms with E-state index in [4.69, 9.17) is 9.47 Å². The number of methoxy groups -OCH3 is 1. The lowest BCUT2D eigenvalue weighted by molar-refractivity contribution is 0.0939. The number of aromatic amines is 1. The summed E-state index contributed by atoms with van der Waals surface area (Å²) in [4.78, 5) is 21.0. The number of rotatable bonds is 3. The molecular weight excluding hydrogens is 435 g/mol. The van der Waals surface area contributed by atoms with Crippen molar-refractivity contribution >= 4 is 17.3 Å². The van der Waals surface area contributed by atoms with Crippen molar-refractivity contribution in [2.24, 2.45) is 5.92 Å². The Morgan fingerprint density at radius 2 is 2.12 bits per heavy atom.